The van der Waals surface area contributed by atoms with Crippen molar-refractivity contribution >= 4 is 0 Å². The highest BCUT2D eigenvalue weighted by Crippen LogP contribution is 2.33. The Kier molecular flexibility index (Phi) is 4.97. The van der Waals surface area contributed by atoms with E-state index in [4.69, 9.17) is 9.47 Å². The lowest BCUT2D eigenvalue weighted by molar-refractivity contribution is -0.0112. The molecule has 17 heavy (non-hydrogen) atoms. The third-order valence-electron chi connectivity index (χ3n) is 3.08. The molecule has 1 atom stereocenters. The van der Waals surface area contributed by atoms with E-state index in [1.165, 1.54) is 0 Å². The van der Waals surface area contributed by atoms with Crippen molar-refractivity contribution in [3.63, 3.8) is 0 Å². The zero-order valence-corrected chi connectivity index (χ0v) is 11.4. The van der Waals surface area contributed by atoms with Crippen LogP contribution >= 0.6 is 0 Å². The number of ether oxygens (including phenoxy) is 2. The van der Waals surface area contributed by atoms with E-state index in [0.717, 1.165) is 17.9 Å². The van der Waals surface area contributed by atoms with Crippen LogP contribution in [0.1, 0.15) is 32.4 Å². The molecule has 0 amide bonds. The second kappa shape index (κ2) is 6.03. The van der Waals surface area contributed by atoms with E-state index in [0.29, 0.717) is 0 Å². The molecule has 0 aliphatic rings. The molecule has 3 nitrogen and oxygen atoms in total. The van der Waals surface area contributed by atoms with Gasteiger partial charge in [0.1, 0.15) is 5.75 Å². The highest BCUT2D eigenvalue weighted by molar-refractivity contribution is 5.37. The van der Waals surface area contributed by atoms with Crippen LogP contribution in [0.25, 0.3) is 0 Å². The standard InChI is InChI=1S/C14H23NO2/c1-6-15-13(14(2,3)17-5)11-9-7-8-10-12(11)16-4/h7-10,13,15H,6H2,1-5H3. The van der Waals surface area contributed by atoms with Crippen LogP contribution < -0.4 is 10.1 Å². The molecule has 3 heteroatoms. The lowest BCUT2D eigenvalue weighted by Gasteiger charge is -2.34. The molecule has 1 aromatic carbocycles. The molecule has 1 aromatic rings. The van der Waals surface area contributed by atoms with Gasteiger partial charge in [-0.3, -0.25) is 0 Å². The van der Waals surface area contributed by atoms with Crippen LogP contribution in [0, 0.1) is 0 Å². The van der Waals surface area contributed by atoms with Crippen molar-refractivity contribution in [3.05, 3.63) is 29.8 Å². The summed E-state index contributed by atoms with van der Waals surface area (Å²) in [5, 5.41) is 3.46. The van der Waals surface area contributed by atoms with Crippen molar-refractivity contribution in [2.45, 2.75) is 32.4 Å². The normalized spacial score (nSPS) is 13.5. The van der Waals surface area contributed by atoms with Crippen molar-refractivity contribution in [2.75, 3.05) is 20.8 Å². The molecule has 0 saturated carbocycles. The third-order valence-corrected chi connectivity index (χ3v) is 3.08. The molecule has 0 fully saturated rings. The molecule has 0 bridgehead atoms. The van der Waals surface area contributed by atoms with Crippen molar-refractivity contribution in [3.8, 4) is 5.75 Å². The SMILES string of the molecule is CCNC(c1ccccc1OC)C(C)(C)OC. The fourth-order valence-corrected chi connectivity index (χ4v) is 1.96. The Balaban J connectivity index is 3.13. The highest BCUT2D eigenvalue weighted by atomic mass is 16.5. The van der Waals surface area contributed by atoms with Crippen molar-refractivity contribution in [1.29, 1.82) is 0 Å². The minimum atomic E-state index is -0.287. The van der Waals surface area contributed by atoms with Crippen LogP contribution in [0.5, 0.6) is 5.75 Å². The number of likely N-dealkylation sites (N-methyl/N-ethyl adjacent to an activating group) is 1. The highest BCUT2D eigenvalue weighted by Gasteiger charge is 2.31. The van der Waals surface area contributed by atoms with E-state index >= 15 is 0 Å². The van der Waals surface area contributed by atoms with Gasteiger partial charge in [0.25, 0.3) is 0 Å². The van der Waals surface area contributed by atoms with Crippen LogP contribution in [-0.2, 0) is 4.74 Å². The van der Waals surface area contributed by atoms with Crippen molar-refractivity contribution in [1.82, 2.24) is 5.32 Å². The lowest BCUT2D eigenvalue weighted by Crippen LogP contribution is -2.41. The number of hydrogen-bond acceptors (Lipinski definition) is 3. The summed E-state index contributed by atoms with van der Waals surface area (Å²) in [7, 11) is 3.43. The van der Waals surface area contributed by atoms with Crippen LogP contribution in [0.3, 0.4) is 0 Å². The maximum atomic E-state index is 5.59. The van der Waals surface area contributed by atoms with Gasteiger partial charge in [-0.1, -0.05) is 25.1 Å². The monoisotopic (exact) mass is 237 g/mol. The molecule has 1 N–H and O–H groups in total. The van der Waals surface area contributed by atoms with E-state index < -0.39 is 0 Å². The fourth-order valence-electron chi connectivity index (χ4n) is 1.96. The summed E-state index contributed by atoms with van der Waals surface area (Å²) >= 11 is 0. The first-order valence-corrected chi connectivity index (χ1v) is 5.98. The number of benzene rings is 1. The van der Waals surface area contributed by atoms with E-state index in [9.17, 15) is 0 Å². The van der Waals surface area contributed by atoms with Crippen LogP contribution in [-0.4, -0.2) is 26.4 Å². The molecule has 0 saturated heterocycles. The quantitative estimate of drug-likeness (QED) is 0.825. The van der Waals surface area contributed by atoms with Crippen LogP contribution in [0.4, 0.5) is 0 Å². The van der Waals surface area contributed by atoms with Crippen LogP contribution in [0.15, 0.2) is 24.3 Å². The summed E-state index contributed by atoms with van der Waals surface area (Å²) in [6, 6.07) is 8.16. The summed E-state index contributed by atoms with van der Waals surface area (Å²) < 4.78 is 11.0. The fraction of sp³-hybridized carbons (Fsp3) is 0.571. The molecule has 0 aromatic heterocycles. The maximum absolute atomic E-state index is 5.59. The number of para-hydroxylation sites is 1. The first-order chi connectivity index (χ1) is 8.06. The van der Waals surface area contributed by atoms with E-state index in [1.54, 1.807) is 14.2 Å². The molecular weight excluding hydrogens is 214 g/mol. The Labute approximate surface area is 104 Å². The predicted molar refractivity (Wildman–Crippen MR) is 70.5 cm³/mol. The average Bonchev–Trinajstić information content (AvgIpc) is 2.35. The topological polar surface area (TPSA) is 30.5 Å². The molecular formula is C14H23NO2. The largest absolute Gasteiger partial charge is 0.496 e. The lowest BCUT2D eigenvalue weighted by atomic mass is 9.91. The van der Waals surface area contributed by atoms with E-state index in [1.807, 2.05) is 18.2 Å². The van der Waals surface area contributed by atoms with Gasteiger partial charge in [0.05, 0.1) is 18.8 Å². The van der Waals surface area contributed by atoms with Gasteiger partial charge in [-0.15, -0.1) is 0 Å². The van der Waals surface area contributed by atoms with Crippen LogP contribution in [0.2, 0.25) is 0 Å². The Hall–Kier alpha value is -1.06. The summed E-state index contributed by atoms with van der Waals surface area (Å²) in [5.41, 5.74) is 0.841. The van der Waals surface area contributed by atoms with Gasteiger partial charge in [-0.05, 0) is 26.5 Å². The molecule has 1 unspecified atom stereocenters. The Bertz CT molecular complexity index is 350. The molecule has 0 spiro atoms. The van der Waals surface area contributed by atoms with Crippen molar-refractivity contribution < 1.29 is 9.47 Å². The minimum Gasteiger partial charge on any atom is -0.496 e. The van der Waals surface area contributed by atoms with Gasteiger partial charge in [-0.2, -0.15) is 0 Å². The van der Waals surface area contributed by atoms with E-state index in [-0.39, 0.29) is 11.6 Å². The summed E-state index contributed by atoms with van der Waals surface area (Å²) in [6.45, 7) is 7.13. The Morgan fingerprint density at radius 1 is 1.24 bits per heavy atom. The zero-order valence-electron chi connectivity index (χ0n) is 11.4. The average molecular weight is 237 g/mol. The van der Waals surface area contributed by atoms with Gasteiger partial charge in [0.2, 0.25) is 0 Å². The first kappa shape index (κ1) is 14.0. The van der Waals surface area contributed by atoms with Gasteiger partial charge >= 0.3 is 0 Å². The Morgan fingerprint density at radius 2 is 1.88 bits per heavy atom. The molecule has 0 aliphatic heterocycles. The first-order valence-electron chi connectivity index (χ1n) is 5.98. The molecule has 96 valence electrons. The number of methoxy groups -OCH3 is 2. The molecule has 0 radical (unpaired) electrons. The number of hydrogen-bond donors (Lipinski definition) is 1. The second-order valence-electron chi connectivity index (χ2n) is 4.54. The maximum Gasteiger partial charge on any atom is 0.123 e. The molecule has 0 aliphatic carbocycles. The summed E-state index contributed by atoms with van der Waals surface area (Å²) in [6.07, 6.45) is 0. The zero-order chi connectivity index (χ0) is 12.9. The second-order valence-corrected chi connectivity index (χ2v) is 4.54. The predicted octanol–water partition coefficient (Wildman–Crippen LogP) is 2.77. The Morgan fingerprint density at radius 3 is 2.41 bits per heavy atom. The van der Waals surface area contributed by atoms with E-state index in [2.05, 4.69) is 32.2 Å². The molecule has 0 heterocycles. The van der Waals surface area contributed by atoms with Gasteiger partial charge in [-0.25, -0.2) is 0 Å². The smallest absolute Gasteiger partial charge is 0.123 e. The number of nitrogens with one attached hydrogen (secondary N) is 1. The number of rotatable bonds is 6. The summed E-state index contributed by atoms with van der Waals surface area (Å²) in [4.78, 5) is 0. The van der Waals surface area contributed by atoms with Gasteiger partial charge < -0.3 is 14.8 Å². The molecule has 1 rings (SSSR count). The minimum absolute atomic E-state index is 0.105. The summed E-state index contributed by atoms with van der Waals surface area (Å²) in [5.74, 6) is 0.892. The van der Waals surface area contributed by atoms with Crippen molar-refractivity contribution in [2.24, 2.45) is 0 Å². The van der Waals surface area contributed by atoms with Gasteiger partial charge in [0, 0.05) is 12.7 Å². The van der Waals surface area contributed by atoms with Gasteiger partial charge in [0.15, 0.2) is 0 Å². The third kappa shape index (κ3) is 3.20.